The summed E-state index contributed by atoms with van der Waals surface area (Å²) in [6, 6.07) is 14.1. The van der Waals surface area contributed by atoms with Crippen molar-refractivity contribution in [2.24, 2.45) is 0 Å². The van der Waals surface area contributed by atoms with Gasteiger partial charge in [0, 0.05) is 6.54 Å². The van der Waals surface area contributed by atoms with Crippen LogP contribution in [0.1, 0.15) is 16.7 Å². The molecule has 1 aliphatic rings. The second kappa shape index (κ2) is 7.37. The molecule has 0 bridgehead atoms. The van der Waals surface area contributed by atoms with Gasteiger partial charge in [-0.25, -0.2) is 0 Å². The molecule has 3 nitrogen and oxygen atoms in total. The van der Waals surface area contributed by atoms with Crippen molar-refractivity contribution >= 4 is 29.0 Å². The number of benzene rings is 2. The van der Waals surface area contributed by atoms with Gasteiger partial charge in [0.05, 0.1) is 10.5 Å². The normalized spacial score (nSPS) is 16.6. The number of alkyl halides is 3. The van der Waals surface area contributed by atoms with Crippen LogP contribution in [0, 0.1) is 0 Å². The maximum absolute atomic E-state index is 12.8. The standard InChI is InChI=1S/C19H14F3NO2S/c20-19(21,22)15-8-4-7-14(11-15)12-16-17(24)23(18(25)26-16)10-9-13-5-2-1-3-6-13/h1-8,11-12H,9-10H2/b16-12+. The average molecular weight is 377 g/mol. The van der Waals surface area contributed by atoms with Gasteiger partial charge in [-0.3, -0.25) is 14.5 Å². The molecule has 2 aromatic rings. The molecular weight excluding hydrogens is 363 g/mol. The summed E-state index contributed by atoms with van der Waals surface area (Å²) in [6.45, 7) is 0.231. The van der Waals surface area contributed by atoms with E-state index in [1.165, 1.54) is 18.2 Å². The van der Waals surface area contributed by atoms with E-state index in [2.05, 4.69) is 0 Å². The van der Waals surface area contributed by atoms with E-state index in [4.69, 9.17) is 0 Å². The van der Waals surface area contributed by atoms with E-state index in [9.17, 15) is 22.8 Å². The summed E-state index contributed by atoms with van der Waals surface area (Å²) in [6.07, 6.45) is -2.61. The first-order valence-electron chi connectivity index (χ1n) is 7.81. The minimum absolute atomic E-state index is 0.127. The van der Waals surface area contributed by atoms with Crippen LogP contribution in [0.15, 0.2) is 59.5 Å². The fourth-order valence-corrected chi connectivity index (χ4v) is 3.40. The predicted octanol–water partition coefficient (Wildman–Crippen LogP) is 4.98. The number of amides is 2. The highest BCUT2D eigenvalue weighted by atomic mass is 32.2. The zero-order valence-electron chi connectivity index (χ0n) is 13.5. The van der Waals surface area contributed by atoms with E-state index in [0.29, 0.717) is 6.42 Å². The minimum Gasteiger partial charge on any atom is -0.268 e. The molecule has 2 amide bonds. The van der Waals surface area contributed by atoms with Crippen LogP contribution in [0.25, 0.3) is 6.08 Å². The van der Waals surface area contributed by atoms with Gasteiger partial charge in [-0.15, -0.1) is 0 Å². The molecule has 26 heavy (non-hydrogen) atoms. The number of carbonyl (C=O) groups is 2. The van der Waals surface area contributed by atoms with Crippen LogP contribution < -0.4 is 0 Å². The molecule has 0 spiro atoms. The third-order valence-corrected chi connectivity index (χ3v) is 4.76. The second-order valence-electron chi connectivity index (χ2n) is 5.69. The highest BCUT2D eigenvalue weighted by Crippen LogP contribution is 2.34. The van der Waals surface area contributed by atoms with Gasteiger partial charge in [-0.2, -0.15) is 13.2 Å². The van der Waals surface area contributed by atoms with E-state index in [1.807, 2.05) is 30.3 Å². The summed E-state index contributed by atoms with van der Waals surface area (Å²) in [5.41, 5.74) is 0.427. The zero-order valence-corrected chi connectivity index (χ0v) is 14.3. The van der Waals surface area contributed by atoms with Gasteiger partial charge in [-0.1, -0.05) is 42.5 Å². The number of carbonyl (C=O) groups excluding carboxylic acids is 2. The van der Waals surface area contributed by atoms with Crippen LogP contribution in [0.5, 0.6) is 0 Å². The second-order valence-corrected chi connectivity index (χ2v) is 6.69. The summed E-state index contributed by atoms with van der Waals surface area (Å²) in [5, 5.41) is -0.413. The number of nitrogens with zero attached hydrogens (tertiary/aromatic N) is 1. The van der Waals surface area contributed by atoms with E-state index in [1.54, 1.807) is 0 Å². The van der Waals surface area contributed by atoms with Gasteiger partial charge in [-0.05, 0) is 47.5 Å². The van der Waals surface area contributed by atoms with Gasteiger partial charge in [0.2, 0.25) is 0 Å². The molecule has 1 aliphatic heterocycles. The van der Waals surface area contributed by atoms with Gasteiger partial charge in [0.25, 0.3) is 11.1 Å². The quantitative estimate of drug-likeness (QED) is 0.705. The zero-order chi connectivity index (χ0) is 18.7. The van der Waals surface area contributed by atoms with E-state index >= 15 is 0 Å². The first kappa shape index (κ1) is 18.3. The molecule has 1 fully saturated rings. The molecule has 1 saturated heterocycles. The van der Waals surface area contributed by atoms with E-state index in [0.717, 1.165) is 34.4 Å². The summed E-state index contributed by atoms with van der Waals surface area (Å²) < 4.78 is 38.4. The lowest BCUT2D eigenvalue weighted by Gasteiger charge is -2.12. The lowest BCUT2D eigenvalue weighted by molar-refractivity contribution is -0.137. The third-order valence-electron chi connectivity index (χ3n) is 3.85. The van der Waals surface area contributed by atoms with E-state index < -0.39 is 22.9 Å². The molecule has 134 valence electrons. The molecule has 1 heterocycles. The predicted molar refractivity (Wildman–Crippen MR) is 94.3 cm³/mol. The van der Waals surface area contributed by atoms with Crippen LogP contribution in [0.4, 0.5) is 18.0 Å². The average Bonchev–Trinajstić information content (AvgIpc) is 2.87. The molecule has 7 heteroatoms. The molecule has 3 rings (SSSR count). The molecule has 0 saturated carbocycles. The Morgan fingerprint density at radius 1 is 1.00 bits per heavy atom. The Morgan fingerprint density at radius 2 is 1.73 bits per heavy atom. The third kappa shape index (κ3) is 4.16. The Labute approximate surface area is 152 Å². The smallest absolute Gasteiger partial charge is 0.268 e. The van der Waals surface area contributed by atoms with Gasteiger partial charge in [0.15, 0.2) is 0 Å². The Balaban J connectivity index is 1.75. The minimum atomic E-state index is -4.46. The van der Waals surface area contributed by atoms with Crippen molar-refractivity contribution in [2.45, 2.75) is 12.6 Å². The Hall–Kier alpha value is -2.54. The molecule has 0 unspecified atom stereocenters. The number of halogens is 3. The number of thioether (sulfide) groups is 1. The van der Waals surface area contributed by atoms with Crippen LogP contribution in [0.2, 0.25) is 0 Å². The largest absolute Gasteiger partial charge is 0.416 e. The van der Waals surface area contributed by atoms with Crippen molar-refractivity contribution < 1.29 is 22.8 Å². The molecule has 0 radical (unpaired) electrons. The fraction of sp³-hybridized carbons (Fsp3) is 0.158. The summed E-state index contributed by atoms with van der Waals surface area (Å²) in [7, 11) is 0. The van der Waals surface area contributed by atoms with Crippen molar-refractivity contribution in [1.29, 1.82) is 0 Å². The van der Waals surface area contributed by atoms with Crippen molar-refractivity contribution in [3.8, 4) is 0 Å². The highest BCUT2D eigenvalue weighted by Gasteiger charge is 2.35. The Morgan fingerprint density at radius 3 is 2.42 bits per heavy atom. The first-order valence-corrected chi connectivity index (χ1v) is 8.63. The molecule has 0 atom stereocenters. The lowest BCUT2D eigenvalue weighted by Crippen LogP contribution is -2.30. The maximum atomic E-state index is 12.8. The van der Waals surface area contributed by atoms with Gasteiger partial charge in [0.1, 0.15) is 0 Å². The van der Waals surface area contributed by atoms with Crippen molar-refractivity contribution in [1.82, 2.24) is 4.90 Å². The molecule has 0 aliphatic carbocycles. The van der Waals surface area contributed by atoms with Crippen LogP contribution in [-0.2, 0) is 17.4 Å². The van der Waals surface area contributed by atoms with Gasteiger partial charge < -0.3 is 0 Å². The van der Waals surface area contributed by atoms with E-state index in [-0.39, 0.29) is 17.0 Å². The van der Waals surface area contributed by atoms with Gasteiger partial charge >= 0.3 is 6.18 Å². The Bertz CT molecular complexity index is 863. The molecule has 0 N–H and O–H groups in total. The number of rotatable bonds is 4. The van der Waals surface area contributed by atoms with Crippen LogP contribution in [0.3, 0.4) is 0 Å². The summed E-state index contributed by atoms with van der Waals surface area (Å²) >= 11 is 0.742. The number of hydrogen-bond donors (Lipinski definition) is 0. The molecule has 0 aromatic heterocycles. The van der Waals surface area contributed by atoms with Crippen molar-refractivity contribution in [3.63, 3.8) is 0 Å². The molecular formula is C19H14F3NO2S. The highest BCUT2D eigenvalue weighted by molar-refractivity contribution is 8.18. The SMILES string of the molecule is O=C1S/C(=C/c2cccc(C(F)(F)F)c2)C(=O)N1CCc1ccccc1. The van der Waals surface area contributed by atoms with Crippen molar-refractivity contribution in [2.75, 3.05) is 6.54 Å². The topological polar surface area (TPSA) is 37.4 Å². The number of imide groups is 1. The molecule has 2 aromatic carbocycles. The maximum Gasteiger partial charge on any atom is 0.416 e. The van der Waals surface area contributed by atoms with Crippen LogP contribution in [-0.4, -0.2) is 22.6 Å². The fourth-order valence-electron chi connectivity index (χ4n) is 2.53. The Kier molecular flexibility index (Phi) is 5.18. The first-order chi connectivity index (χ1) is 12.3. The summed E-state index contributed by atoms with van der Waals surface area (Å²) in [4.78, 5) is 25.7. The number of hydrogen-bond acceptors (Lipinski definition) is 3. The summed E-state index contributed by atoms with van der Waals surface area (Å²) in [5.74, 6) is -0.478. The van der Waals surface area contributed by atoms with Crippen LogP contribution >= 0.6 is 11.8 Å². The monoisotopic (exact) mass is 377 g/mol. The lowest BCUT2D eigenvalue weighted by atomic mass is 10.1. The van der Waals surface area contributed by atoms with Crippen molar-refractivity contribution in [3.05, 3.63) is 76.2 Å².